The number of alkyl halides is 3. The molecule has 32 heavy (non-hydrogen) atoms. The minimum atomic E-state index is -4.31. The van der Waals surface area contributed by atoms with Gasteiger partial charge in [-0.05, 0) is 48.1 Å². The maximum atomic E-state index is 12.7. The second-order valence-electron chi connectivity index (χ2n) is 8.97. The summed E-state index contributed by atoms with van der Waals surface area (Å²) in [5.41, 5.74) is 3.09. The number of nitrogens with zero attached hydrogens (tertiary/aromatic N) is 3. The van der Waals surface area contributed by atoms with Crippen LogP contribution in [-0.4, -0.2) is 45.7 Å². The van der Waals surface area contributed by atoms with Crippen LogP contribution in [0.2, 0.25) is 0 Å². The van der Waals surface area contributed by atoms with Gasteiger partial charge in [0.15, 0.2) is 0 Å². The molecule has 1 aromatic heterocycles. The number of ether oxygens (including phenoxy) is 1. The molecule has 0 unspecified atom stereocenters. The van der Waals surface area contributed by atoms with E-state index in [1.807, 2.05) is 33.8 Å². The third-order valence-electron chi connectivity index (χ3n) is 5.26. The van der Waals surface area contributed by atoms with Crippen molar-refractivity contribution in [1.29, 1.82) is 0 Å². The van der Waals surface area contributed by atoms with Gasteiger partial charge in [-0.1, -0.05) is 31.1 Å². The number of anilines is 1. The Kier molecular flexibility index (Phi) is 6.76. The molecule has 1 saturated heterocycles. The van der Waals surface area contributed by atoms with Crippen LogP contribution in [-0.2, 0) is 16.8 Å². The normalized spacial score (nSPS) is 17.6. The van der Waals surface area contributed by atoms with Crippen LogP contribution in [0.1, 0.15) is 44.0 Å². The molecular weight excluding hydrogens is 441 g/mol. The molecule has 0 amide bonds. The molecule has 0 saturated carbocycles. The molecule has 176 valence electrons. The molecule has 2 aromatic rings. The van der Waals surface area contributed by atoms with Crippen molar-refractivity contribution in [2.75, 3.05) is 23.4 Å². The Morgan fingerprint density at radius 3 is 2.47 bits per heavy atom. The maximum absolute atomic E-state index is 12.7. The number of nitrogens with one attached hydrogen (secondary N) is 1. The number of hydrogen-bond donors (Lipinski definition) is 2. The lowest BCUT2D eigenvalue weighted by Crippen LogP contribution is -2.29. The van der Waals surface area contributed by atoms with Crippen LogP contribution in [0.5, 0.6) is 0 Å². The smallest absolute Gasteiger partial charge is 0.405 e. The van der Waals surface area contributed by atoms with Crippen molar-refractivity contribution in [3.8, 4) is 0 Å². The first-order chi connectivity index (χ1) is 14.8. The van der Waals surface area contributed by atoms with Crippen molar-refractivity contribution in [3.63, 3.8) is 0 Å². The summed E-state index contributed by atoms with van der Waals surface area (Å²) >= 11 is 0. The average Bonchev–Trinajstić information content (AvgIpc) is 2.66. The van der Waals surface area contributed by atoms with Crippen molar-refractivity contribution in [1.82, 2.24) is 4.98 Å². The molecule has 1 aliphatic heterocycles. The molecule has 0 radical (unpaired) electrons. The summed E-state index contributed by atoms with van der Waals surface area (Å²) in [5.74, 6) is 1.26. The van der Waals surface area contributed by atoms with E-state index in [4.69, 9.17) is 9.72 Å². The fourth-order valence-corrected chi connectivity index (χ4v) is 5.18. The number of benzene rings is 1. The summed E-state index contributed by atoms with van der Waals surface area (Å²) in [4.78, 5) is 4.76. The zero-order valence-corrected chi connectivity index (χ0v) is 19.5. The highest BCUT2D eigenvalue weighted by atomic mass is 32.3. The zero-order chi connectivity index (χ0) is 23.7. The monoisotopic (exact) mass is 470 g/mol. The van der Waals surface area contributed by atoms with Crippen LogP contribution in [0.3, 0.4) is 0 Å². The summed E-state index contributed by atoms with van der Waals surface area (Å²) in [6.07, 6.45) is -3.39. The highest BCUT2D eigenvalue weighted by molar-refractivity contribution is 8.41. The first-order valence-electron chi connectivity index (χ1n) is 10.3. The van der Waals surface area contributed by atoms with Gasteiger partial charge in [-0.2, -0.15) is 18.3 Å². The van der Waals surface area contributed by atoms with Gasteiger partial charge in [-0.3, -0.25) is 0 Å². The molecule has 10 heteroatoms. The van der Waals surface area contributed by atoms with Gasteiger partial charge in [0.25, 0.3) is 5.23 Å². The first kappa shape index (κ1) is 24.3. The fourth-order valence-electron chi connectivity index (χ4n) is 3.51. The molecule has 1 aromatic carbocycles. The first-order valence-corrected chi connectivity index (χ1v) is 12.2. The molecule has 0 aliphatic carbocycles. The van der Waals surface area contributed by atoms with E-state index in [9.17, 15) is 17.7 Å². The highest BCUT2D eigenvalue weighted by Gasteiger charge is 2.36. The molecule has 1 aliphatic rings. The zero-order valence-electron chi connectivity index (χ0n) is 18.7. The van der Waals surface area contributed by atoms with Crippen LogP contribution >= 0.6 is 10.3 Å². The van der Waals surface area contributed by atoms with Gasteiger partial charge in [0, 0.05) is 29.3 Å². The Labute approximate surface area is 187 Å². The maximum Gasteiger partial charge on any atom is 0.405 e. The van der Waals surface area contributed by atoms with Crippen molar-refractivity contribution in [2.24, 2.45) is 10.2 Å². The van der Waals surface area contributed by atoms with E-state index >= 15 is 0 Å². The number of fused-ring (bicyclic) bond motifs is 1. The van der Waals surface area contributed by atoms with E-state index in [1.54, 1.807) is 12.1 Å². The summed E-state index contributed by atoms with van der Waals surface area (Å²) in [5, 5.41) is 10.9. The Morgan fingerprint density at radius 2 is 1.94 bits per heavy atom. The van der Waals surface area contributed by atoms with E-state index in [0.717, 1.165) is 22.9 Å². The van der Waals surface area contributed by atoms with Crippen LogP contribution < -0.4 is 5.32 Å². The molecule has 2 N–H and O–H groups in total. The van der Waals surface area contributed by atoms with Gasteiger partial charge in [0.1, 0.15) is 13.2 Å². The summed E-state index contributed by atoms with van der Waals surface area (Å²) in [7, 11) is -2.05. The number of hydrogen-bond acceptors (Lipinski definition) is 6. The second kappa shape index (κ2) is 8.90. The minimum Gasteiger partial charge on any atom is -0.465 e. The molecule has 6 nitrogen and oxygen atoms in total. The lowest BCUT2D eigenvalue weighted by atomic mass is 9.84. The topological polar surface area (TPSA) is 79.1 Å². The van der Waals surface area contributed by atoms with E-state index in [1.165, 1.54) is 0 Å². The minimum absolute atomic E-state index is 0.0953. The lowest BCUT2D eigenvalue weighted by molar-refractivity contribution is -0.115. The third kappa shape index (κ3) is 5.53. The Balaban J connectivity index is 1.96. The van der Waals surface area contributed by atoms with Crippen molar-refractivity contribution in [3.05, 3.63) is 35.0 Å². The highest BCUT2D eigenvalue weighted by Crippen LogP contribution is 2.54. The number of rotatable bonds is 5. The largest absolute Gasteiger partial charge is 0.465 e. The van der Waals surface area contributed by atoms with Crippen molar-refractivity contribution < 1.29 is 22.5 Å². The van der Waals surface area contributed by atoms with Crippen LogP contribution in [0.4, 0.5) is 18.9 Å². The van der Waals surface area contributed by atoms with Crippen LogP contribution in [0, 0.1) is 6.92 Å². The van der Waals surface area contributed by atoms with Gasteiger partial charge in [0.05, 0.1) is 11.2 Å². The van der Waals surface area contributed by atoms with Crippen molar-refractivity contribution >= 4 is 38.8 Å². The van der Waals surface area contributed by atoms with Crippen molar-refractivity contribution in [2.45, 2.75) is 52.3 Å². The van der Waals surface area contributed by atoms with Gasteiger partial charge in [0.2, 0.25) is 0 Å². The standard InChI is InChI=1S/C22H29F3N4O2S/c1-14-9-16(12-31-20(29-26-5)32(30)7-6-8-32)28-19-17(14)10-15(27-13-22(23,24)25)11-18(19)21(2,3)4/h9-11,27,30H,5-8,12-13H2,1-4H3/b29-20+. The van der Waals surface area contributed by atoms with E-state index in [2.05, 4.69) is 22.2 Å². The molecule has 1 fully saturated rings. The van der Waals surface area contributed by atoms with Gasteiger partial charge < -0.3 is 14.6 Å². The quantitative estimate of drug-likeness (QED) is 0.320. The molecule has 3 rings (SSSR count). The molecular formula is C22H29F3N4O2S. The molecule has 0 atom stereocenters. The summed E-state index contributed by atoms with van der Waals surface area (Å²) in [6, 6.07) is 5.25. The average molecular weight is 471 g/mol. The summed E-state index contributed by atoms with van der Waals surface area (Å²) < 4.78 is 54.6. The second-order valence-corrected chi connectivity index (χ2v) is 11.8. The lowest BCUT2D eigenvalue weighted by Gasteiger charge is -2.40. The van der Waals surface area contributed by atoms with E-state index in [0.29, 0.717) is 28.4 Å². The Morgan fingerprint density at radius 1 is 1.25 bits per heavy atom. The predicted molar refractivity (Wildman–Crippen MR) is 126 cm³/mol. The van der Waals surface area contributed by atoms with Crippen LogP contribution in [0.25, 0.3) is 10.9 Å². The van der Waals surface area contributed by atoms with Gasteiger partial charge >= 0.3 is 6.18 Å². The Bertz CT molecular complexity index is 1040. The van der Waals surface area contributed by atoms with E-state index < -0.39 is 23.0 Å². The van der Waals surface area contributed by atoms with E-state index in [-0.39, 0.29) is 17.3 Å². The fraction of sp³-hybridized carbons (Fsp3) is 0.500. The molecule has 0 spiro atoms. The van der Waals surface area contributed by atoms with Gasteiger partial charge in [-0.25, -0.2) is 4.98 Å². The SMILES string of the molecule is C=N/N=C(\OCc1cc(C)c2cc(NCC(F)(F)F)cc(C(C)(C)C)c2n1)S1(O)CCC1. The predicted octanol–water partition coefficient (Wildman–Crippen LogP) is 5.98. The molecule has 0 bridgehead atoms. The summed E-state index contributed by atoms with van der Waals surface area (Å²) in [6.45, 7) is 10.2. The number of aromatic nitrogens is 1. The third-order valence-corrected chi connectivity index (χ3v) is 8.04. The number of halogens is 3. The van der Waals surface area contributed by atoms with Gasteiger partial charge in [-0.15, -0.1) is 5.10 Å². The molecule has 2 heterocycles. The number of pyridine rings is 1. The van der Waals surface area contributed by atoms with Crippen LogP contribution in [0.15, 0.2) is 28.4 Å². The Hall–Kier alpha value is -2.33. The number of aryl methyl sites for hydroxylation is 1.